The van der Waals surface area contributed by atoms with Crippen LogP contribution >= 0.6 is 0 Å². The zero-order valence-electron chi connectivity index (χ0n) is 44.3. The third-order valence-corrected chi connectivity index (χ3v) is 15.8. The van der Waals surface area contributed by atoms with Gasteiger partial charge in [-0.05, 0) is 192 Å². The lowest BCUT2D eigenvalue weighted by Crippen LogP contribution is -2.05. The van der Waals surface area contributed by atoms with Crippen molar-refractivity contribution in [1.82, 2.24) is 9.13 Å². The summed E-state index contributed by atoms with van der Waals surface area (Å²) >= 11 is 0. The van der Waals surface area contributed by atoms with Crippen LogP contribution in [-0.4, -0.2) is 9.13 Å². The van der Waals surface area contributed by atoms with Gasteiger partial charge < -0.3 is 9.13 Å². The van der Waals surface area contributed by atoms with E-state index in [-0.39, 0.29) is 0 Å². The zero-order valence-corrected chi connectivity index (χ0v) is 44.3. The van der Waals surface area contributed by atoms with Crippen molar-refractivity contribution in [2.75, 3.05) is 0 Å². The van der Waals surface area contributed by atoms with Crippen LogP contribution in [0.5, 0.6) is 0 Å². The van der Waals surface area contributed by atoms with Crippen molar-refractivity contribution < 1.29 is 13.2 Å². The number of aromatic nitrogens is 2. The summed E-state index contributed by atoms with van der Waals surface area (Å²) in [5.74, 6) is 0. The summed E-state index contributed by atoms with van der Waals surface area (Å²) in [6.45, 7) is 18.9. The largest absolute Gasteiger partial charge is 0.416 e. The molecule has 0 aliphatic carbocycles. The number of benzene rings is 11. The Bertz CT molecular complexity index is 4520. The fourth-order valence-corrected chi connectivity index (χ4v) is 11.6. The van der Waals surface area contributed by atoms with Gasteiger partial charge in [0.1, 0.15) is 0 Å². The lowest BCUT2D eigenvalue weighted by atomic mass is 9.93. The number of aryl methyl sites for hydroxylation is 5. The lowest BCUT2D eigenvalue weighted by Gasteiger charge is -2.19. The van der Waals surface area contributed by atoms with E-state index in [4.69, 9.17) is 6.57 Å². The van der Waals surface area contributed by atoms with Crippen LogP contribution < -0.4 is 0 Å². The number of fused-ring (bicyclic) bond motifs is 6. The molecule has 2 heterocycles. The third kappa shape index (κ3) is 8.74. The first-order chi connectivity index (χ1) is 38.3. The molecule has 0 atom stereocenters. The second kappa shape index (κ2) is 19.1. The predicted octanol–water partition coefficient (Wildman–Crippen LogP) is 21.0. The molecule has 0 saturated heterocycles. The van der Waals surface area contributed by atoms with Crippen molar-refractivity contribution in [3.63, 3.8) is 0 Å². The Kier molecular flexibility index (Phi) is 11.8. The number of nitrogens with zero attached hydrogens (tertiary/aromatic N) is 3. The van der Waals surface area contributed by atoms with E-state index in [0.29, 0.717) is 22.4 Å². The Balaban J connectivity index is 1.07. The Morgan fingerprint density at radius 1 is 0.342 bits per heavy atom. The molecular weight excluding hydrogens is 976 g/mol. The van der Waals surface area contributed by atoms with Crippen LogP contribution in [0, 0.1) is 41.2 Å². The zero-order chi connectivity index (χ0) is 54.3. The van der Waals surface area contributed by atoms with Crippen molar-refractivity contribution in [3.05, 3.63) is 269 Å². The van der Waals surface area contributed by atoms with Crippen LogP contribution in [0.2, 0.25) is 0 Å². The lowest BCUT2D eigenvalue weighted by molar-refractivity contribution is -0.137. The van der Waals surface area contributed by atoms with Gasteiger partial charge in [0, 0.05) is 27.2 Å². The van der Waals surface area contributed by atoms with Gasteiger partial charge in [0.25, 0.3) is 0 Å². The van der Waals surface area contributed by atoms with Crippen molar-refractivity contribution in [2.45, 2.75) is 40.8 Å². The Morgan fingerprint density at radius 3 is 1.24 bits per heavy atom. The maximum atomic E-state index is 14.2. The molecule has 13 rings (SSSR count). The summed E-state index contributed by atoms with van der Waals surface area (Å²) in [5, 5.41) is 4.32. The van der Waals surface area contributed by atoms with Gasteiger partial charge in [0.15, 0.2) is 5.69 Å². The predicted molar refractivity (Wildman–Crippen MR) is 323 cm³/mol. The number of hydrogen-bond acceptors (Lipinski definition) is 0. The number of halogens is 3. The monoisotopic (exact) mass is 1030 g/mol. The Labute approximate surface area is 457 Å². The molecule has 0 spiro atoms. The molecular formula is C73H52F3N3. The van der Waals surface area contributed by atoms with E-state index in [1.54, 1.807) is 13.0 Å². The minimum absolute atomic E-state index is 0.444. The van der Waals surface area contributed by atoms with E-state index in [0.717, 1.165) is 117 Å². The van der Waals surface area contributed by atoms with Gasteiger partial charge in [-0.15, -0.1) is 0 Å². The highest BCUT2D eigenvalue weighted by Crippen LogP contribution is 2.46. The standard InChI is InChI=1S/C73H52F3N3/c1-44-10-16-49(17-11-44)53-22-31-68-63(38-53)64-39-54(50-18-12-45(2)13-19-50)23-32-69(64)78(68)59-28-30-67(77-6)61(43-59)62-42-57(60-29-27-58(37-48(60)5)73(74,75)76)26-35-70(62)79-71-33-24-55(51-20-14-46(3)15-21-51)40-65(71)66-41-56(25-34-72(66)79)52-9-7-8-47(4)36-52/h7-43H,1-5H3. The summed E-state index contributed by atoms with van der Waals surface area (Å²) < 4.78 is 47.0. The number of alkyl halides is 3. The van der Waals surface area contributed by atoms with Crippen molar-refractivity contribution in [1.29, 1.82) is 0 Å². The fraction of sp³-hybridized carbons (Fsp3) is 0.0822. The molecule has 11 aromatic carbocycles. The van der Waals surface area contributed by atoms with E-state index < -0.39 is 11.7 Å². The molecule has 0 amide bonds. The van der Waals surface area contributed by atoms with E-state index in [1.165, 1.54) is 28.3 Å². The first-order valence-corrected chi connectivity index (χ1v) is 26.6. The molecule has 2 aromatic heterocycles. The molecule has 0 unspecified atom stereocenters. The summed E-state index contributed by atoms with van der Waals surface area (Å²) in [4.78, 5) is 4.21. The van der Waals surface area contributed by atoms with Crippen LogP contribution in [0.3, 0.4) is 0 Å². The van der Waals surface area contributed by atoms with Gasteiger partial charge in [0.2, 0.25) is 0 Å². The van der Waals surface area contributed by atoms with Gasteiger partial charge in [-0.25, -0.2) is 4.85 Å². The van der Waals surface area contributed by atoms with Crippen LogP contribution in [0.25, 0.3) is 127 Å². The van der Waals surface area contributed by atoms with Gasteiger partial charge >= 0.3 is 6.18 Å². The minimum Gasteiger partial charge on any atom is -0.309 e. The molecule has 3 nitrogen and oxygen atoms in total. The Hall–Kier alpha value is -9.70. The molecule has 0 aliphatic rings. The average Bonchev–Trinajstić information content (AvgIpc) is 4.22. The first-order valence-electron chi connectivity index (χ1n) is 26.6. The molecule has 79 heavy (non-hydrogen) atoms. The smallest absolute Gasteiger partial charge is 0.309 e. The second-order valence-corrected chi connectivity index (χ2v) is 21.1. The summed E-state index contributed by atoms with van der Waals surface area (Å²) in [5.41, 5.74) is 22.4. The second-order valence-electron chi connectivity index (χ2n) is 21.1. The normalized spacial score (nSPS) is 11.8. The highest BCUT2D eigenvalue weighted by molar-refractivity contribution is 6.14. The SMILES string of the molecule is [C-]#[N+]c1ccc(-n2c3ccc(-c4ccc(C)cc4)cc3c3cc(-c4ccc(C)cc4)ccc32)cc1-c1cc(-c2ccc(C(F)(F)F)cc2C)ccc1-n1c2ccc(-c3ccc(C)cc3)cc2c2cc(-c3cccc(C)c3)ccc21. The molecule has 0 aliphatic heterocycles. The highest BCUT2D eigenvalue weighted by Gasteiger charge is 2.31. The maximum absolute atomic E-state index is 14.2. The average molecular weight is 1030 g/mol. The molecule has 0 fully saturated rings. The number of hydrogen-bond donors (Lipinski definition) is 0. The minimum atomic E-state index is -4.49. The van der Waals surface area contributed by atoms with E-state index >= 15 is 0 Å². The maximum Gasteiger partial charge on any atom is 0.416 e. The molecule has 0 radical (unpaired) electrons. The van der Waals surface area contributed by atoms with E-state index in [1.807, 2.05) is 18.2 Å². The van der Waals surface area contributed by atoms with Crippen molar-refractivity contribution in [3.8, 4) is 78.1 Å². The molecule has 0 saturated carbocycles. The van der Waals surface area contributed by atoms with Crippen LogP contribution in [0.1, 0.15) is 33.4 Å². The molecule has 13 aromatic rings. The van der Waals surface area contributed by atoms with Crippen LogP contribution in [-0.2, 0) is 6.18 Å². The van der Waals surface area contributed by atoms with Crippen LogP contribution in [0.15, 0.2) is 224 Å². The van der Waals surface area contributed by atoms with Gasteiger partial charge in [-0.1, -0.05) is 162 Å². The molecule has 0 N–H and O–H groups in total. The molecule has 380 valence electrons. The van der Waals surface area contributed by atoms with Gasteiger partial charge in [-0.3, -0.25) is 0 Å². The quantitative estimate of drug-likeness (QED) is 0.135. The van der Waals surface area contributed by atoms with Crippen LogP contribution in [0.4, 0.5) is 18.9 Å². The van der Waals surface area contributed by atoms with E-state index in [9.17, 15) is 13.2 Å². The molecule has 0 bridgehead atoms. The Morgan fingerprint density at radius 2 is 0.785 bits per heavy atom. The van der Waals surface area contributed by atoms with Gasteiger partial charge in [-0.2, -0.15) is 13.2 Å². The third-order valence-electron chi connectivity index (χ3n) is 15.8. The highest BCUT2D eigenvalue weighted by atomic mass is 19.4. The molecule has 6 heteroatoms. The fourth-order valence-electron chi connectivity index (χ4n) is 11.6. The first kappa shape index (κ1) is 48.9. The number of rotatable bonds is 8. The topological polar surface area (TPSA) is 14.2 Å². The van der Waals surface area contributed by atoms with Crippen molar-refractivity contribution >= 4 is 49.3 Å². The summed E-state index contributed by atoms with van der Waals surface area (Å²) in [6, 6.07) is 77.2. The summed E-state index contributed by atoms with van der Waals surface area (Å²) in [7, 11) is 0. The van der Waals surface area contributed by atoms with E-state index in [2.05, 4.69) is 230 Å². The summed E-state index contributed by atoms with van der Waals surface area (Å²) in [6.07, 6.45) is -4.49. The van der Waals surface area contributed by atoms with Gasteiger partial charge in [0.05, 0.1) is 39.9 Å². The van der Waals surface area contributed by atoms with Crippen molar-refractivity contribution in [2.24, 2.45) is 0 Å².